The Hall–Kier alpha value is -6.12. The van der Waals surface area contributed by atoms with Crippen LogP contribution < -0.4 is 15.0 Å². The van der Waals surface area contributed by atoms with Gasteiger partial charge < -0.3 is 9.80 Å². The van der Waals surface area contributed by atoms with E-state index in [2.05, 4.69) is 180 Å². The molecule has 0 aromatic heterocycles. The summed E-state index contributed by atoms with van der Waals surface area (Å²) in [4.78, 5) is 5.01. The second kappa shape index (κ2) is 15.5. The Morgan fingerprint density at radius 1 is 0.407 bits per heavy atom. The van der Waals surface area contributed by atoms with Gasteiger partial charge in [0.25, 0.3) is 0 Å². The van der Waals surface area contributed by atoms with Crippen LogP contribution in [0.15, 0.2) is 164 Å². The molecular weight excluding hydrogens is 653 g/mol. The van der Waals surface area contributed by atoms with E-state index in [1.165, 1.54) is 82.7 Å². The summed E-state index contributed by atoms with van der Waals surface area (Å²) >= 11 is 0. The molecule has 0 aliphatic heterocycles. The summed E-state index contributed by atoms with van der Waals surface area (Å²) in [7, 11) is 0. The second-order valence-corrected chi connectivity index (χ2v) is 13.5. The lowest BCUT2D eigenvalue weighted by Gasteiger charge is -2.33. The SMILES string of the molecule is C1=Cc2c(cccc2N(C2=c3ccc4ccc(N(c5ccccc5)c5cccc6ccccc56)c5ccc(c3c45)CC2)c2ccccc2)CC1.CC.CC. The Kier molecular flexibility index (Phi) is 10.0. The molecule has 10 rings (SSSR count). The predicted molar refractivity (Wildman–Crippen MR) is 236 cm³/mol. The van der Waals surface area contributed by atoms with Crippen molar-refractivity contribution in [3.8, 4) is 0 Å². The Morgan fingerprint density at radius 2 is 1.06 bits per heavy atom. The fraction of sp³-hybridized carbons (Fsp3) is 0.154. The van der Waals surface area contributed by atoms with E-state index >= 15 is 0 Å². The van der Waals surface area contributed by atoms with Crippen LogP contribution in [0.1, 0.15) is 57.2 Å². The van der Waals surface area contributed by atoms with E-state index in [0.717, 1.165) is 31.4 Å². The zero-order valence-corrected chi connectivity index (χ0v) is 31.9. The maximum atomic E-state index is 2.55. The monoisotopic (exact) mass is 700 g/mol. The van der Waals surface area contributed by atoms with Crippen LogP contribution >= 0.6 is 0 Å². The zero-order chi connectivity index (χ0) is 37.0. The Labute approximate surface area is 320 Å². The number of aryl methyl sites for hydroxylation is 2. The van der Waals surface area contributed by atoms with E-state index in [9.17, 15) is 0 Å². The van der Waals surface area contributed by atoms with E-state index in [1.54, 1.807) is 0 Å². The summed E-state index contributed by atoms with van der Waals surface area (Å²) in [5.74, 6) is 0. The van der Waals surface area contributed by atoms with E-state index in [-0.39, 0.29) is 0 Å². The van der Waals surface area contributed by atoms with Gasteiger partial charge in [0.05, 0.1) is 17.1 Å². The molecule has 0 radical (unpaired) electrons. The first-order valence-electron chi connectivity index (χ1n) is 19.8. The van der Waals surface area contributed by atoms with Gasteiger partial charge in [-0.15, -0.1) is 0 Å². The molecule has 2 heteroatoms. The Bertz CT molecular complexity index is 2650. The number of hydrogen-bond donors (Lipinski definition) is 0. The number of anilines is 5. The van der Waals surface area contributed by atoms with Crippen molar-refractivity contribution >= 4 is 72.5 Å². The molecular formula is C52H48N2. The molecule has 8 aromatic rings. The molecule has 0 saturated carbocycles. The number of benzene rings is 8. The number of fused-ring (bicyclic) bond motifs is 2. The van der Waals surface area contributed by atoms with Crippen LogP contribution in [-0.2, 0) is 12.8 Å². The largest absolute Gasteiger partial charge is 0.313 e. The summed E-state index contributed by atoms with van der Waals surface area (Å²) in [5.41, 5.74) is 11.6. The summed E-state index contributed by atoms with van der Waals surface area (Å²) in [6, 6.07) is 58.2. The Balaban J connectivity index is 0.00000100. The van der Waals surface area contributed by atoms with Gasteiger partial charge in [-0.1, -0.05) is 155 Å². The minimum atomic E-state index is 0.974. The minimum absolute atomic E-state index is 0.974. The molecule has 0 unspecified atom stereocenters. The van der Waals surface area contributed by atoms with Crippen LogP contribution in [0.4, 0.5) is 28.4 Å². The summed E-state index contributed by atoms with van der Waals surface area (Å²) in [5, 5.41) is 9.09. The summed E-state index contributed by atoms with van der Waals surface area (Å²) < 4.78 is 0. The molecule has 0 heterocycles. The van der Waals surface area contributed by atoms with Gasteiger partial charge in [0, 0.05) is 38.6 Å². The first-order chi connectivity index (χ1) is 26.8. The molecule has 2 nitrogen and oxygen atoms in total. The lowest BCUT2D eigenvalue weighted by Crippen LogP contribution is -2.27. The fourth-order valence-corrected chi connectivity index (χ4v) is 8.52. The molecule has 0 amide bonds. The molecule has 0 atom stereocenters. The number of allylic oxidation sites excluding steroid dienone is 1. The molecule has 0 spiro atoms. The van der Waals surface area contributed by atoms with Crippen molar-refractivity contribution in [3.63, 3.8) is 0 Å². The van der Waals surface area contributed by atoms with Crippen LogP contribution in [0.2, 0.25) is 0 Å². The normalized spacial score (nSPS) is 12.8. The number of hydrogen-bond acceptors (Lipinski definition) is 2. The molecule has 2 aliphatic rings. The number of nitrogens with zero attached hydrogens (tertiary/aromatic N) is 2. The van der Waals surface area contributed by atoms with Crippen LogP contribution in [0.25, 0.3) is 44.1 Å². The molecule has 54 heavy (non-hydrogen) atoms. The van der Waals surface area contributed by atoms with E-state index in [1.807, 2.05) is 27.7 Å². The van der Waals surface area contributed by atoms with Crippen LogP contribution in [-0.4, -0.2) is 0 Å². The first kappa shape index (κ1) is 34.9. The topological polar surface area (TPSA) is 6.48 Å². The molecule has 2 aliphatic carbocycles. The lowest BCUT2D eigenvalue weighted by molar-refractivity contribution is 0.963. The highest BCUT2D eigenvalue weighted by atomic mass is 15.2. The highest BCUT2D eigenvalue weighted by Gasteiger charge is 2.26. The maximum Gasteiger partial charge on any atom is 0.0540 e. The average Bonchev–Trinajstić information content (AvgIpc) is 3.26. The van der Waals surface area contributed by atoms with Crippen molar-refractivity contribution in [3.05, 3.63) is 186 Å². The third-order valence-corrected chi connectivity index (χ3v) is 10.7. The average molecular weight is 701 g/mol. The van der Waals surface area contributed by atoms with Gasteiger partial charge in [0.15, 0.2) is 0 Å². The molecule has 0 saturated heterocycles. The van der Waals surface area contributed by atoms with Gasteiger partial charge in [-0.05, 0) is 101 Å². The number of para-hydroxylation sites is 2. The van der Waals surface area contributed by atoms with E-state index in [0.29, 0.717) is 0 Å². The van der Waals surface area contributed by atoms with Crippen LogP contribution in [0.3, 0.4) is 0 Å². The van der Waals surface area contributed by atoms with Gasteiger partial charge in [0.2, 0.25) is 0 Å². The van der Waals surface area contributed by atoms with E-state index in [4.69, 9.17) is 0 Å². The highest BCUT2D eigenvalue weighted by molar-refractivity contribution is 6.18. The predicted octanol–water partition coefficient (Wildman–Crippen LogP) is 14.2. The van der Waals surface area contributed by atoms with Crippen molar-refractivity contribution in [2.45, 2.75) is 53.4 Å². The fourth-order valence-electron chi connectivity index (χ4n) is 8.52. The first-order valence-corrected chi connectivity index (χ1v) is 19.8. The zero-order valence-electron chi connectivity index (χ0n) is 31.9. The maximum absolute atomic E-state index is 2.55. The van der Waals surface area contributed by atoms with Gasteiger partial charge in [-0.25, -0.2) is 0 Å². The number of rotatable bonds is 6. The van der Waals surface area contributed by atoms with Gasteiger partial charge in [-0.3, -0.25) is 0 Å². The summed E-state index contributed by atoms with van der Waals surface area (Å²) in [6.07, 6.45) is 8.83. The smallest absolute Gasteiger partial charge is 0.0540 e. The van der Waals surface area contributed by atoms with Gasteiger partial charge >= 0.3 is 0 Å². The van der Waals surface area contributed by atoms with Crippen molar-refractivity contribution in [2.24, 2.45) is 0 Å². The minimum Gasteiger partial charge on any atom is -0.313 e. The molecule has 0 fully saturated rings. The Morgan fingerprint density at radius 3 is 1.85 bits per heavy atom. The van der Waals surface area contributed by atoms with Crippen molar-refractivity contribution in [1.29, 1.82) is 0 Å². The third-order valence-electron chi connectivity index (χ3n) is 10.7. The van der Waals surface area contributed by atoms with E-state index < -0.39 is 0 Å². The molecule has 0 bridgehead atoms. The van der Waals surface area contributed by atoms with Gasteiger partial charge in [0.1, 0.15) is 0 Å². The highest BCUT2D eigenvalue weighted by Crippen LogP contribution is 2.45. The molecule has 8 aromatic carbocycles. The molecule has 266 valence electrons. The van der Waals surface area contributed by atoms with Crippen LogP contribution in [0, 0.1) is 0 Å². The molecule has 0 N–H and O–H groups in total. The quantitative estimate of drug-likeness (QED) is 0.170. The van der Waals surface area contributed by atoms with Crippen molar-refractivity contribution < 1.29 is 0 Å². The second-order valence-electron chi connectivity index (χ2n) is 13.5. The standard InChI is InChI=1S/C48H36N2.2C2H6/c1-3-17-37(18-4-1)49(43-23-11-15-33-13-7-9-21-39(33)43)45-31-27-35-26-30-42-46(32-28-36-25-29-41(45)47(35)48(36)42)50(38-19-5-2-6-20-38)44-24-12-16-34-14-8-10-22-40(34)44;2*1-2/h1-7,9-13,15-27,29-31H,8,14,28,32H2;2*1-2H3. The van der Waals surface area contributed by atoms with Crippen molar-refractivity contribution in [2.75, 3.05) is 9.80 Å². The lowest BCUT2D eigenvalue weighted by atomic mass is 9.87. The van der Waals surface area contributed by atoms with Crippen molar-refractivity contribution in [1.82, 2.24) is 0 Å². The van der Waals surface area contributed by atoms with Crippen LogP contribution in [0.5, 0.6) is 0 Å². The summed E-state index contributed by atoms with van der Waals surface area (Å²) in [6.45, 7) is 8.00. The van der Waals surface area contributed by atoms with Gasteiger partial charge in [-0.2, -0.15) is 0 Å². The third kappa shape index (κ3) is 6.02.